The predicted molar refractivity (Wildman–Crippen MR) is 133 cm³/mol. The Bertz CT molecular complexity index is 1180. The van der Waals surface area contributed by atoms with Crippen molar-refractivity contribution in [2.45, 2.75) is 26.0 Å². The average molecular weight is 492 g/mol. The number of hydrogen-bond donors (Lipinski definition) is 1. The SMILES string of the molecule is CCO[C@@H](Cc1ccc(OCCn2c(N3CCOCC3)nc3ccccc3c2=O)cc1)C(=O)O.[Mg+2]. The van der Waals surface area contributed by atoms with Gasteiger partial charge in [0.25, 0.3) is 5.56 Å². The Morgan fingerprint density at radius 3 is 2.54 bits per heavy atom. The molecule has 9 nitrogen and oxygen atoms in total. The zero-order chi connectivity index (χ0) is 23.9. The van der Waals surface area contributed by atoms with Gasteiger partial charge in [0.15, 0.2) is 6.10 Å². The minimum atomic E-state index is -0.979. The van der Waals surface area contributed by atoms with Gasteiger partial charge in [-0.15, -0.1) is 0 Å². The maximum Gasteiger partial charge on any atom is 2.00 e. The molecule has 1 atom stereocenters. The zero-order valence-electron chi connectivity index (χ0n) is 19.9. The second-order valence-electron chi connectivity index (χ2n) is 7.96. The number of nitrogens with zero attached hydrogens (tertiary/aromatic N) is 3. The number of hydrogen-bond acceptors (Lipinski definition) is 7. The van der Waals surface area contributed by atoms with Gasteiger partial charge < -0.3 is 24.2 Å². The molecule has 10 heteroatoms. The molecular formula is C25H29MgN3O6+2. The molecule has 180 valence electrons. The van der Waals surface area contributed by atoms with Gasteiger partial charge >= 0.3 is 29.0 Å². The Balaban J connectivity index is 0.00000342. The van der Waals surface area contributed by atoms with E-state index in [1.54, 1.807) is 29.7 Å². The molecule has 1 aromatic heterocycles. The Labute approximate surface area is 219 Å². The van der Waals surface area contributed by atoms with Gasteiger partial charge in [-0.1, -0.05) is 24.3 Å². The molecule has 35 heavy (non-hydrogen) atoms. The van der Waals surface area contributed by atoms with Crippen LogP contribution in [0.5, 0.6) is 5.75 Å². The van der Waals surface area contributed by atoms with Crippen LogP contribution in [0.15, 0.2) is 53.3 Å². The summed E-state index contributed by atoms with van der Waals surface area (Å²) in [5.41, 5.74) is 1.42. The summed E-state index contributed by atoms with van der Waals surface area (Å²) in [6, 6.07) is 14.6. The summed E-state index contributed by atoms with van der Waals surface area (Å²) in [6.45, 7) is 5.28. The van der Waals surface area contributed by atoms with Crippen LogP contribution in [0.4, 0.5) is 5.95 Å². The van der Waals surface area contributed by atoms with Crippen LogP contribution in [0, 0.1) is 0 Å². The molecule has 1 aliphatic heterocycles. The summed E-state index contributed by atoms with van der Waals surface area (Å²) in [5, 5.41) is 9.83. The smallest absolute Gasteiger partial charge is 0.492 e. The van der Waals surface area contributed by atoms with E-state index in [-0.39, 0.29) is 41.6 Å². The molecule has 0 saturated carbocycles. The molecule has 0 unspecified atom stereocenters. The van der Waals surface area contributed by atoms with Crippen LogP contribution in [-0.4, -0.2) is 89.3 Å². The van der Waals surface area contributed by atoms with Crippen molar-refractivity contribution in [2.75, 3.05) is 44.4 Å². The molecule has 1 saturated heterocycles. The molecule has 1 N–H and O–H groups in total. The minimum Gasteiger partial charge on any atom is -0.492 e. The van der Waals surface area contributed by atoms with Crippen LogP contribution in [0.1, 0.15) is 12.5 Å². The fourth-order valence-corrected chi connectivity index (χ4v) is 3.97. The fraction of sp³-hybridized carbons (Fsp3) is 0.400. The van der Waals surface area contributed by atoms with Gasteiger partial charge in [0.05, 0.1) is 30.7 Å². The minimum absolute atomic E-state index is 0. The van der Waals surface area contributed by atoms with Gasteiger partial charge in [0.1, 0.15) is 12.4 Å². The van der Waals surface area contributed by atoms with Crippen molar-refractivity contribution in [3.63, 3.8) is 0 Å². The van der Waals surface area contributed by atoms with Crippen molar-refractivity contribution in [3.05, 3.63) is 64.4 Å². The first-order valence-electron chi connectivity index (χ1n) is 11.4. The van der Waals surface area contributed by atoms with E-state index in [1.165, 1.54) is 0 Å². The molecule has 3 aromatic rings. The van der Waals surface area contributed by atoms with E-state index in [0.717, 1.165) is 5.56 Å². The Hall–Kier alpha value is -2.66. The number of para-hydroxylation sites is 1. The summed E-state index contributed by atoms with van der Waals surface area (Å²) in [4.78, 5) is 31.4. The normalized spacial score (nSPS) is 14.4. The molecule has 2 heterocycles. The fourth-order valence-electron chi connectivity index (χ4n) is 3.97. The van der Waals surface area contributed by atoms with Crippen LogP contribution >= 0.6 is 0 Å². The van der Waals surface area contributed by atoms with Crippen LogP contribution < -0.4 is 15.2 Å². The first kappa shape index (κ1) is 26.9. The molecule has 0 spiro atoms. The zero-order valence-corrected chi connectivity index (χ0v) is 21.3. The molecule has 4 rings (SSSR count). The standard InChI is InChI=1S/C25H29N3O6.Mg/c1-2-33-22(24(30)31)17-18-7-9-19(10-8-18)34-16-13-28-23(29)20-5-3-4-6-21(20)26-25(28)27-11-14-32-15-12-27;/h3-10,22H,2,11-17H2,1H3,(H,30,31);/q;+2/t22-;/m0./s1. The van der Waals surface area contributed by atoms with Crippen LogP contribution in [-0.2, 0) is 27.2 Å². The Kier molecular flexibility index (Phi) is 9.90. The second kappa shape index (κ2) is 12.9. The maximum absolute atomic E-state index is 13.2. The van der Waals surface area contributed by atoms with Crippen molar-refractivity contribution in [3.8, 4) is 5.75 Å². The number of carbonyl (C=O) groups is 1. The van der Waals surface area contributed by atoms with E-state index >= 15 is 0 Å². The number of rotatable bonds is 10. The number of carboxylic acids is 1. The largest absolute Gasteiger partial charge is 2.00 e. The van der Waals surface area contributed by atoms with E-state index in [0.29, 0.717) is 62.1 Å². The van der Waals surface area contributed by atoms with Gasteiger partial charge in [-0.2, -0.15) is 0 Å². The monoisotopic (exact) mass is 491 g/mol. The quantitative estimate of drug-likeness (QED) is 0.429. The van der Waals surface area contributed by atoms with E-state index < -0.39 is 12.1 Å². The van der Waals surface area contributed by atoms with Crippen LogP contribution in [0.25, 0.3) is 10.9 Å². The van der Waals surface area contributed by atoms with Gasteiger partial charge in [0, 0.05) is 26.1 Å². The summed E-state index contributed by atoms with van der Waals surface area (Å²) < 4.78 is 18.3. The number of ether oxygens (including phenoxy) is 3. The number of aromatic nitrogens is 2. The number of carboxylic acid groups (broad SMARTS) is 1. The molecule has 0 aliphatic carbocycles. The Morgan fingerprint density at radius 1 is 1.14 bits per heavy atom. The van der Waals surface area contributed by atoms with E-state index in [9.17, 15) is 14.7 Å². The topological polar surface area (TPSA) is 103 Å². The third-order valence-corrected chi connectivity index (χ3v) is 5.71. The van der Waals surface area contributed by atoms with E-state index in [4.69, 9.17) is 19.2 Å². The summed E-state index contributed by atoms with van der Waals surface area (Å²) >= 11 is 0. The first-order chi connectivity index (χ1) is 16.6. The number of aliphatic carboxylic acids is 1. The molecule has 0 amide bonds. The third-order valence-electron chi connectivity index (χ3n) is 5.71. The van der Waals surface area contributed by atoms with Crippen molar-refractivity contribution < 1.29 is 24.1 Å². The first-order valence-corrected chi connectivity index (χ1v) is 11.4. The van der Waals surface area contributed by atoms with Crippen LogP contribution in [0.2, 0.25) is 0 Å². The van der Waals surface area contributed by atoms with Gasteiger partial charge in [-0.3, -0.25) is 9.36 Å². The number of benzene rings is 2. The van der Waals surface area contributed by atoms with Crippen molar-refractivity contribution in [1.29, 1.82) is 0 Å². The van der Waals surface area contributed by atoms with Crippen molar-refractivity contribution in [1.82, 2.24) is 9.55 Å². The molecular weight excluding hydrogens is 463 g/mol. The number of morpholine rings is 1. The molecule has 1 fully saturated rings. The molecule has 2 aromatic carbocycles. The predicted octanol–water partition coefficient (Wildman–Crippen LogP) is 1.96. The third kappa shape index (κ3) is 6.72. The Morgan fingerprint density at radius 2 is 1.86 bits per heavy atom. The molecule has 0 bridgehead atoms. The van der Waals surface area contributed by atoms with E-state index in [1.807, 2.05) is 30.3 Å². The summed E-state index contributed by atoms with van der Waals surface area (Å²) in [6.07, 6.45) is -0.590. The second-order valence-corrected chi connectivity index (χ2v) is 7.96. The van der Waals surface area contributed by atoms with Gasteiger partial charge in [0.2, 0.25) is 5.95 Å². The molecule has 0 radical (unpaired) electrons. The van der Waals surface area contributed by atoms with E-state index in [2.05, 4.69) is 4.90 Å². The molecule has 1 aliphatic rings. The van der Waals surface area contributed by atoms with Crippen molar-refractivity contribution >= 4 is 45.9 Å². The number of fused-ring (bicyclic) bond motifs is 1. The maximum atomic E-state index is 13.2. The van der Waals surface area contributed by atoms with Gasteiger partial charge in [-0.25, -0.2) is 9.78 Å². The number of anilines is 1. The summed E-state index contributed by atoms with van der Waals surface area (Å²) in [5.74, 6) is 0.288. The van der Waals surface area contributed by atoms with Gasteiger partial charge in [-0.05, 0) is 36.8 Å². The van der Waals surface area contributed by atoms with Crippen molar-refractivity contribution in [2.24, 2.45) is 0 Å². The summed E-state index contributed by atoms with van der Waals surface area (Å²) in [7, 11) is 0. The van der Waals surface area contributed by atoms with Crippen LogP contribution in [0.3, 0.4) is 0 Å². The average Bonchev–Trinajstić information content (AvgIpc) is 2.86.